The van der Waals surface area contributed by atoms with Crippen molar-refractivity contribution in [2.24, 2.45) is 11.8 Å². The highest BCUT2D eigenvalue weighted by molar-refractivity contribution is 5.88. The minimum absolute atomic E-state index is 0.0130. The van der Waals surface area contributed by atoms with Gasteiger partial charge in [0.2, 0.25) is 11.8 Å². The number of rotatable bonds is 5. The van der Waals surface area contributed by atoms with Gasteiger partial charge in [-0.2, -0.15) is 0 Å². The smallest absolute Gasteiger partial charge is 0.247 e. The molecular weight excluding hydrogens is 444 g/mol. The number of nitrogens with zero attached hydrogens (tertiary/aromatic N) is 3. The quantitative estimate of drug-likeness (QED) is 0.436. The van der Waals surface area contributed by atoms with E-state index < -0.39 is 17.7 Å². The van der Waals surface area contributed by atoms with Gasteiger partial charge in [-0.25, -0.2) is 5.48 Å². The van der Waals surface area contributed by atoms with Crippen molar-refractivity contribution in [1.29, 1.82) is 0 Å². The summed E-state index contributed by atoms with van der Waals surface area (Å²) in [6.45, 7) is 2.73. The van der Waals surface area contributed by atoms with E-state index in [0.29, 0.717) is 32.4 Å². The molecule has 2 aromatic carbocycles. The van der Waals surface area contributed by atoms with Gasteiger partial charge in [-0.15, -0.1) is 0 Å². The molecule has 0 bridgehead atoms. The summed E-state index contributed by atoms with van der Waals surface area (Å²) < 4.78 is 6.31. The molecule has 2 aliphatic rings. The molecule has 2 heterocycles. The van der Waals surface area contributed by atoms with Crippen LogP contribution in [0.3, 0.4) is 0 Å². The van der Waals surface area contributed by atoms with Crippen molar-refractivity contribution in [3.8, 4) is 5.75 Å². The number of nitrogens with one attached hydrogen (secondary N) is 1. The summed E-state index contributed by atoms with van der Waals surface area (Å²) in [5.41, 5.74) is 2.94. The zero-order valence-electron chi connectivity index (χ0n) is 19.5. The molecule has 1 saturated carbocycles. The van der Waals surface area contributed by atoms with Gasteiger partial charge in [-0.05, 0) is 43.5 Å². The molecule has 0 radical (unpaired) electrons. The van der Waals surface area contributed by atoms with Gasteiger partial charge in [0.05, 0.1) is 17.9 Å². The van der Waals surface area contributed by atoms with Crippen molar-refractivity contribution in [2.75, 3.05) is 31.1 Å². The van der Waals surface area contributed by atoms with Crippen LogP contribution in [0.5, 0.6) is 5.75 Å². The number of piperazine rings is 1. The SMILES string of the molecule is O=C(NO)[C@H]1C[C@H](Oc2cccc3cnccc23)CC[C@@H]1C(=O)N1CCN(c2ccccc2)CC1. The first-order chi connectivity index (χ1) is 17.1. The summed E-state index contributed by atoms with van der Waals surface area (Å²) >= 11 is 0. The zero-order chi connectivity index (χ0) is 24.2. The fraction of sp³-hybridized carbons (Fsp3) is 0.370. The second-order valence-electron chi connectivity index (χ2n) is 9.24. The molecule has 35 heavy (non-hydrogen) atoms. The Morgan fingerprint density at radius 2 is 1.74 bits per heavy atom. The number of hydrogen-bond acceptors (Lipinski definition) is 6. The average molecular weight is 475 g/mol. The van der Waals surface area contributed by atoms with Crippen molar-refractivity contribution < 1.29 is 19.5 Å². The van der Waals surface area contributed by atoms with Gasteiger partial charge in [0.15, 0.2) is 0 Å². The summed E-state index contributed by atoms with van der Waals surface area (Å²) in [5, 5.41) is 11.3. The maximum atomic E-state index is 13.5. The first kappa shape index (κ1) is 23.1. The Hall–Kier alpha value is -3.65. The maximum absolute atomic E-state index is 13.5. The zero-order valence-corrected chi connectivity index (χ0v) is 19.5. The van der Waals surface area contributed by atoms with Crippen LogP contribution in [-0.4, -0.2) is 59.2 Å². The van der Waals surface area contributed by atoms with Gasteiger partial charge < -0.3 is 14.5 Å². The third-order valence-electron chi connectivity index (χ3n) is 7.21. The topological polar surface area (TPSA) is 95.0 Å². The van der Waals surface area contributed by atoms with E-state index in [-0.39, 0.29) is 12.0 Å². The van der Waals surface area contributed by atoms with Crippen LogP contribution in [0.2, 0.25) is 0 Å². The summed E-state index contributed by atoms with van der Waals surface area (Å²) in [6.07, 6.45) is 4.86. The highest BCUT2D eigenvalue weighted by Gasteiger charge is 2.42. The van der Waals surface area contributed by atoms with Crippen molar-refractivity contribution >= 4 is 28.3 Å². The lowest BCUT2D eigenvalue weighted by Gasteiger charge is -2.40. The molecule has 8 heteroatoms. The number of amides is 2. The Balaban J connectivity index is 1.25. The number of carbonyl (C=O) groups is 2. The summed E-state index contributed by atoms with van der Waals surface area (Å²) in [4.78, 5) is 34.4. The summed E-state index contributed by atoms with van der Waals surface area (Å²) in [6, 6.07) is 17.9. The molecule has 2 N–H and O–H groups in total. The molecule has 1 aliphatic carbocycles. The number of aromatic nitrogens is 1. The molecule has 1 aliphatic heterocycles. The number of pyridine rings is 1. The van der Waals surface area contributed by atoms with Gasteiger partial charge in [-0.1, -0.05) is 30.3 Å². The molecule has 2 amide bonds. The van der Waals surface area contributed by atoms with Crippen LogP contribution in [0.4, 0.5) is 5.69 Å². The highest BCUT2D eigenvalue weighted by Crippen LogP contribution is 2.36. The van der Waals surface area contributed by atoms with Crippen LogP contribution in [-0.2, 0) is 9.59 Å². The van der Waals surface area contributed by atoms with E-state index in [9.17, 15) is 14.8 Å². The van der Waals surface area contributed by atoms with Crippen LogP contribution in [0.15, 0.2) is 67.0 Å². The number of carbonyl (C=O) groups excluding carboxylic acids is 2. The molecule has 0 unspecified atom stereocenters. The molecule has 5 rings (SSSR count). The van der Waals surface area contributed by atoms with E-state index in [2.05, 4.69) is 22.0 Å². The predicted molar refractivity (Wildman–Crippen MR) is 132 cm³/mol. The minimum Gasteiger partial charge on any atom is -0.490 e. The monoisotopic (exact) mass is 474 g/mol. The first-order valence-corrected chi connectivity index (χ1v) is 12.2. The first-order valence-electron chi connectivity index (χ1n) is 12.2. The Kier molecular flexibility index (Phi) is 6.81. The van der Waals surface area contributed by atoms with Crippen LogP contribution >= 0.6 is 0 Å². The summed E-state index contributed by atoms with van der Waals surface area (Å²) in [7, 11) is 0. The van der Waals surface area contributed by atoms with Crippen molar-refractivity contribution in [3.63, 3.8) is 0 Å². The van der Waals surface area contributed by atoms with Crippen LogP contribution < -0.4 is 15.1 Å². The Morgan fingerprint density at radius 3 is 2.51 bits per heavy atom. The maximum Gasteiger partial charge on any atom is 0.247 e. The number of ether oxygens (including phenoxy) is 1. The van der Waals surface area contributed by atoms with E-state index in [0.717, 1.165) is 35.3 Å². The third kappa shape index (κ3) is 4.93. The van der Waals surface area contributed by atoms with Gasteiger partial charge in [0, 0.05) is 55.0 Å². The molecule has 1 aromatic heterocycles. The summed E-state index contributed by atoms with van der Waals surface area (Å²) in [5.74, 6) is -0.917. The molecule has 182 valence electrons. The molecule has 0 spiro atoms. The Morgan fingerprint density at radius 1 is 0.943 bits per heavy atom. The van der Waals surface area contributed by atoms with Crippen LogP contribution in [0, 0.1) is 11.8 Å². The number of anilines is 1. The van der Waals surface area contributed by atoms with Gasteiger partial charge >= 0.3 is 0 Å². The largest absolute Gasteiger partial charge is 0.490 e. The Bertz CT molecular complexity index is 1170. The lowest BCUT2D eigenvalue weighted by Crippen LogP contribution is -2.53. The molecular formula is C27H30N4O4. The van der Waals surface area contributed by atoms with E-state index in [1.165, 1.54) is 0 Å². The van der Waals surface area contributed by atoms with E-state index in [4.69, 9.17) is 4.74 Å². The van der Waals surface area contributed by atoms with Crippen LogP contribution in [0.25, 0.3) is 10.8 Å². The van der Waals surface area contributed by atoms with Crippen molar-refractivity contribution in [1.82, 2.24) is 15.4 Å². The van der Waals surface area contributed by atoms with Gasteiger partial charge in [0.1, 0.15) is 5.75 Å². The number of fused-ring (bicyclic) bond motifs is 1. The molecule has 1 saturated heterocycles. The lowest BCUT2D eigenvalue weighted by atomic mass is 9.76. The Labute approximate surface area is 204 Å². The second kappa shape index (κ2) is 10.3. The van der Waals surface area contributed by atoms with Gasteiger partial charge in [0.25, 0.3) is 0 Å². The van der Waals surface area contributed by atoms with E-state index in [1.807, 2.05) is 47.4 Å². The highest BCUT2D eigenvalue weighted by atomic mass is 16.5. The van der Waals surface area contributed by atoms with E-state index in [1.54, 1.807) is 17.9 Å². The number of hydroxylamine groups is 1. The van der Waals surface area contributed by atoms with Crippen molar-refractivity contribution in [2.45, 2.75) is 25.4 Å². The normalized spacial score (nSPS) is 22.6. The standard InChI is InChI=1S/C27H30N4O4/c32-26(29-34)24-17-21(35-25-8-4-5-19-18-28-12-11-22(19)25)9-10-23(24)27(33)31-15-13-30(14-16-31)20-6-2-1-3-7-20/h1-8,11-12,18,21,23-24,34H,9-10,13-17H2,(H,29,32)/t21-,23+,24+/m1/s1. The molecule has 2 fully saturated rings. The second-order valence-corrected chi connectivity index (χ2v) is 9.24. The fourth-order valence-corrected chi connectivity index (χ4v) is 5.34. The minimum atomic E-state index is -0.643. The fourth-order valence-electron chi connectivity index (χ4n) is 5.34. The predicted octanol–water partition coefficient (Wildman–Crippen LogP) is 3.25. The van der Waals surface area contributed by atoms with E-state index >= 15 is 0 Å². The average Bonchev–Trinajstić information content (AvgIpc) is 2.93. The molecule has 3 aromatic rings. The number of hydrogen-bond donors (Lipinski definition) is 2. The third-order valence-corrected chi connectivity index (χ3v) is 7.21. The number of para-hydroxylation sites is 1. The lowest BCUT2D eigenvalue weighted by molar-refractivity contribution is -0.148. The molecule has 3 atom stereocenters. The number of benzene rings is 2. The van der Waals surface area contributed by atoms with Gasteiger partial charge in [-0.3, -0.25) is 19.8 Å². The molecule has 8 nitrogen and oxygen atoms in total. The van der Waals surface area contributed by atoms with Crippen LogP contribution in [0.1, 0.15) is 19.3 Å². The van der Waals surface area contributed by atoms with Crippen molar-refractivity contribution in [3.05, 3.63) is 67.0 Å².